The third-order valence-electron chi connectivity index (χ3n) is 6.36. The molecule has 2 heterocycles. The van der Waals surface area contributed by atoms with E-state index in [-0.39, 0.29) is 0 Å². The highest BCUT2D eigenvalue weighted by molar-refractivity contribution is 5.88. The molecule has 0 saturated carbocycles. The Morgan fingerprint density at radius 2 is 1.53 bits per heavy atom. The maximum atomic E-state index is 10.3. The van der Waals surface area contributed by atoms with Gasteiger partial charge in [-0.25, -0.2) is 4.79 Å². The average Bonchev–Trinajstić information content (AvgIpc) is 2.87. The van der Waals surface area contributed by atoms with Gasteiger partial charge in [-0.3, -0.25) is 19.5 Å². The Hall–Kier alpha value is -4.02. The third kappa shape index (κ3) is 8.25. The van der Waals surface area contributed by atoms with Crippen molar-refractivity contribution in [1.29, 1.82) is 0 Å². The Kier molecular flexibility index (Phi) is 9.75. The second-order valence-corrected chi connectivity index (χ2v) is 9.39. The first-order valence-corrected chi connectivity index (χ1v) is 12.3. The first-order chi connectivity index (χ1) is 18.1. The number of aliphatic carboxylic acids is 3. The molecule has 1 saturated heterocycles. The molecule has 202 valence electrons. The van der Waals surface area contributed by atoms with Crippen molar-refractivity contribution in [2.75, 3.05) is 37.6 Å². The summed E-state index contributed by atoms with van der Waals surface area (Å²) in [4.78, 5) is 40.3. The van der Waals surface area contributed by atoms with Gasteiger partial charge in [0.15, 0.2) is 5.60 Å². The molecule has 10 heteroatoms. The van der Waals surface area contributed by atoms with Gasteiger partial charge in [0.05, 0.1) is 18.4 Å². The van der Waals surface area contributed by atoms with Gasteiger partial charge >= 0.3 is 17.9 Å². The number of carboxylic acid groups (broad SMARTS) is 3. The number of aromatic nitrogens is 1. The molecule has 4 rings (SSSR count). The number of pyridine rings is 1. The molecule has 0 amide bonds. The summed E-state index contributed by atoms with van der Waals surface area (Å²) in [6, 6.07) is 21.5. The minimum Gasteiger partial charge on any atom is -0.481 e. The minimum atomic E-state index is -2.74. The van der Waals surface area contributed by atoms with E-state index in [4.69, 9.17) is 25.4 Å². The number of hydrogen-bond acceptors (Lipinski definition) is 7. The summed E-state index contributed by atoms with van der Waals surface area (Å²) in [5, 5.41) is 35.0. The van der Waals surface area contributed by atoms with Crippen LogP contribution >= 0.6 is 0 Å². The Morgan fingerprint density at radius 1 is 0.868 bits per heavy atom. The SMILES string of the molecule is Cc1cccc(N2CCN(CCc3ccc4ccccc4n3)CC2)c1.O=C(O)CC(O)(CC(=O)O)C(=O)O. The number of para-hydroxylation sites is 1. The van der Waals surface area contributed by atoms with Crippen molar-refractivity contribution >= 4 is 34.5 Å². The molecular weight excluding hydrogens is 490 g/mol. The Labute approximate surface area is 220 Å². The van der Waals surface area contributed by atoms with Crippen molar-refractivity contribution in [2.45, 2.75) is 31.8 Å². The molecule has 2 aromatic carbocycles. The second kappa shape index (κ2) is 13.0. The van der Waals surface area contributed by atoms with Crippen LogP contribution in [-0.4, -0.2) is 86.5 Å². The van der Waals surface area contributed by atoms with Gasteiger partial charge in [-0.2, -0.15) is 0 Å². The van der Waals surface area contributed by atoms with Crippen LogP contribution in [0, 0.1) is 6.92 Å². The van der Waals surface area contributed by atoms with Crippen molar-refractivity contribution < 1.29 is 34.8 Å². The van der Waals surface area contributed by atoms with Gasteiger partial charge < -0.3 is 25.3 Å². The summed E-state index contributed by atoms with van der Waals surface area (Å²) in [6.45, 7) is 7.72. The molecule has 10 nitrogen and oxygen atoms in total. The zero-order valence-electron chi connectivity index (χ0n) is 21.3. The van der Waals surface area contributed by atoms with E-state index in [9.17, 15) is 14.4 Å². The van der Waals surface area contributed by atoms with Gasteiger partial charge in [-0.05, 0) is 36.8 Å². The number of fused-ring (bicyclic) bond motifs is 1. The smallest absolute Gasteiger partial charge is 0.336 e. The molecule has 0 aliphatic carbocycles. The molecule has 0 radical (unpaired) electrons. The van der Waals surface area contributed by atoms with Crippen molar-refractivity contribution in [3.63, 3.8) is 0 Å². The molecule has 1 aromatic heterocycles. The predicted octanol–water partition coefficient (Wildman–Crippen LogP) is 2.66. The number of anilines is 1. The topological polar surface area (TPSA) is 152 Å². The summed E-state index contributed by atoms with van der Waals surface area (Å²) in [6.07, 6.45) is -1.27. The Morgan fingerprint density at radius 3 is 2.13 bits per heavy atom. The first kappa shape index (κ1) is 28.5. The van der Waals surface area contributed by atoms with Gasteiger partial charge in [0, 0.05) is 55.9 Å². The maximum Gasteiger partial charge on any atom is 0.336 e. The van der Waals surface area contributed by atoms with E-state index in [1.807, 2.05) is 0 Å². The fraction of sp³-hybridized carbons (Fsp3) is 0.357. The standard InChI is InChI=1S/C22H25N3.C6H8O7/c1-18-5-4-7-21(17-18)25-15-13-24(14-16-25)12-11-20-10-9-19-6-2-3-8-22(19)23-20;7-3(8)1-6(13,5(11)12)2-4(9)10/h2-10,17H,11-16H2,1H3;13H,1-2H2,(H,7,8)(H,9,10)(H,11,12). The van der Waals surface area contributed by atoms with E-state index >= 15 is 0 Å². The van der Waals surface area contributed by atoms with Crippen molar-refractivity contribution in [3.8, 4) is 0 Å². The first-order valence-electron chi connectivity index (χ1n) is 12.3. The fourth-order valence-electron chi connectivity index (χ4n) is 4.29. The summed E-state index contributed by atoms with van der Waals surface area (Å²) >= 11 is 0. The number of rotatable bonds is 9. The Balaban J connectivity index is 0.000000263. The molecule has 1 aliphatic rings. The van der Waals surface area contributed by atoms with Crippen molar-refractivity contribution in [3.05, 3.63) is 71.9 Å². The van der Waals surface area contributed by atoms with Crippen LogP contribution in [0.2, 0.25) is 0 Å². The number of carbonyl (C=O) groups is 3. The highest BCUT2D eigenvalue weighted by Gasteiger charge is 2.40. The normalized spacial score (nSPS) is 14.0. The van der Waals surface area contributed by atoms with Gasteiger partial charge in [-0.15, -0.1) is 0 Å². The number of benzene rings is 2. The number of hydrogen-bond donors (Lipinski definition) is 4. The van der Waals surface area contributed by atoms with Crippen LogP contribution in [-0.2, 0) is 20.8 Å². The molecule has 0 spiro atoms. The van der Waals surface area contributed by atoms with Gasteiger partial charge in [0.25, 0.3) is 0 Å². The van der Waals surface area contributed by atoms with Gasteiger partial charge in [0.2, 0.25) is 0 Å². The van der Waals surface area contributed by atoms with E-state index in [2.05, 4.69) is 77.4 Å². The van der Waals surface area contributed by atoms with E-state index in [0.717, 1.165) is 44.7 Å². The maximum absolute atomic E-state index is 10.3. The van der Waals surface area contributed by atoms with Crippen LogP contribution in [0.1, 0.15) is 24.1 Å². The second-order valence-electron chi connectivity index (χ2n) is 9.39. The van der Waals surface area contributed by atoms with E-state index < -0.39 is 36.4 Å². The zero-order chi connectivity index (χ0) is 27.7. The average molecular weight is 524 g/mol. The highest BCUT2D eigenvalue weighted by atomic mass is 16.4. The molecule has 1 fully saturated rings. The van der Waals surface area contributed by atoms with Crippen LogP contribution in [0.3, 0.4) is 0 Å². The molecule has 0 bridgehead atoms. The minimum absolute atomic E-state index is 1.02. The van der Waals surface area contributed by atoms with Crippen LogP contribution in [0.15, 0.2) is 60.7 Å². The molecule has 3 aromatic rings. The molecule has 0 unspecified atom stereocenters. The van der Waals surface area contributed by atoms with Crippen LogP contribution < -0.4 is 4.90 Å². The van der Waals surface area contributed by atoms with Crippen molar-refractivity contribution in [1.82, 2.24) is 9.88 Å². The van der Waals surface area contributed by atoms with E-state index in [1.165, 1.54) is 22.3 Å². The number of nitrogens with zero attached hydrogens (tertiary/aromatic N) is 3. The monoisotopic (exact) mass is 523 g/mol. The number of carboxylic acids is 3. The summed E-state index contributed by atoms with van der Waals surface area (Å²) in [7, 11) is 0. The number of aliphatic hydroxyl groups is 1. The van der Waals surface area contributed by atoms with E-state index in [0.29, 0.717) is 0 Å². The lowest BCUT2D eigenvalue weighted by molar-refractivity contribution is -0.170. The van der Waals surface area contributed by atoms with Crippen LogP contribution in [0.4, 0.5) is 5.69 Å². The molecule has 4 N–H and O–H groups in total. The molecule has 0 atom stereocenters. The van der Waals surface area contributed by atoms with Crippen LogP contribution in [0.5, 0.6) is 0 Å². The lowest BCUT2D eigenvalue weighted by Gasteiger charge is -2.36. The lowest BCUT2D eigenvalue weighted by Crippen LogP contribution is -2.47. The summed E-state index contributed by atoms with van der Waals surface area (Å²) in [5.74, 6) is -5.02. The number of piperazine rings is 1. The zero-order valence-corrected chi connectivity index (χ0v) is 21.3. The van der Waals surface area contributed by atoms with Gasteiger partial charge in [0.1, 0.15) is 0 Å². The van der Waals surface area contributed by atoms with E-state index in [1.54, 1.807) is 0 Å². The number of aryl methyl sites for hydroxylation is 1. The van der Waals surface area contributed by atoms with Crippen molar-refractivity contribution in [2.24, 2.45) is 0 Å². The largest absolute Gasteiger partial charge is 0.481 e. The van der Waals surface area contributed by atoms with Gasteiger partial charge in [-0.1, -0.05) is 36.4 Å². The lowest BCUT2D eigenvalue weighted by atomic mass is 9.96. The predicted molar refractivity (Wildman–Crippen MR) is 142 cm³/mol. The summed E-state index contributed by atoms with van der Waals surface area (Å²) < 4.78 is 0. The molecule has 38 heavy (non-hydrogen) atoms. The molecular formula is C28H33N3O7. The fourth-order valence-corrected chi connectivity index (χ4v) is 4.29. The van der Waals surface area contributed by atoms with Crippen LogP contribution in [0.25, 0.3) is 10.9 Å². The molecule has 1 aliphatic heterocycles. The third-order valence-corrected chi connectivity index (χ3v) is 6.36. The Bertz CT molecular complexity index is 1260. The summed E-state index contributed by atoms with van der Waals surface area (Å²) in [5.41, 5.74) is 2.25. The quantitative estimate of drug-likeness (QED) is 0.329. The highest BCUT2D eigenvalue weighted by Crippen LogP contribution is 2.18.